The molecule has 3 rings (SSSR count). The Morgan fingerprint density at radius 3 is 2.69 bits per heavy atom. The van der Waals surface area contributed by atoms with Gasteiger partial charge in [-0.05, 0) is 61.4 Å². The summed E-state index contributed by atoms with van der Waals surface area (Å²) >= 11 is 1.54. The molecule has 2 aromatic rings. The minimum Gasteiger partial charge on any atom is -0.311 e. The van der Waals surface area contributed by atoms with E-state index < -0.39 is 8.25 Å². The molecule has 0 amide bonds. The lowest BCUT2D eigenvalue weighted by Gasteiger charge is -2.30. The molecule has 174 valence electrons. The minimum absolute atomic E-state index is 0.211. The summed E-state index contributed by atoms with van der Waals surface area (Å²) in [7, 11) is -2.54. The molecule has 1 fully saturated rings. The standard InChI is InChI=1S/C24H32FN2O3PS/c25-22-17-21(18-26-14-8-15-30-31(28)29)27-19-23(22)32-16-7-6-13-24(11-4-5-12-24)20-9-2-1-3-10-20/h1-3,9-10,17,19,26H,4-8,11-16,18H2/p+1. The summed E-state index contributed by atoms with van der Waals surface area (Å²) in [6.07, 6.45) is 10.9. The van der Waals surface area contributed by atoms with Gasteiger partial charge in [-0.15, -0.1) is 21.2 Å². The van der Waals surface area contributed by atoms with Gasteiger partial charge in [0.1, 0.15) is 12.4 Å². The van der Waals surface area contributed by atoms with Crippen LogP contribution in [-0.2, 0) is 21.0 Å². The van der Waals surface area contributed by atoms with Crippen molar-refractivity contribution >= 4 is 20.0 Å². The van der Waals surface area contributed by atoms with E-state index in [1.807, 2.05) is 0 Å². The van der Waals surface area contributed by atoms with E-state index in [0.29, 0.717) is 35.5 Å². The Balaban J connectivity index is 1.36. The highest BCUT2D eigenvalue weighted by Crippen LogP contribution is 2.44. The number of thioether (sulfide) groups is 1. The first kappa shape index (κ1) is 25.3. The first-order chi connectivity index (χ1) is 15.6. The molecular formula is C24H33FN2O3PS+. The fourth-order valence-corrected chi connectivity index (χ4v) is 5.67. The summed E-state index contributed by atoms with van der Waals surface area (Å²) < 4.78 is 29.4. The molecule has 0 saturated heterocycles. The van der Waals surface area contributed by atoms with Crippen molar-refractivity contribution in [2.75, 3.05) is 18.9 Å². The van der Waals surface area contributed by atoms with Crippen LogP contribution in [0.3, 0.4) is 0 Å². The minimum atomic E-state index is -2.54. The summed E-state index contributed by atoms with van der Waals surface area (Å²) in [6, 6.07) is 12.4. The van der Waals surface area contributed by atoms with Crippen molar-refractivity contribution in [1.82, 2.24) is 10.3 Å². The van der Waals surface area contributed by atoms with E-state index in [4.69, 9.17) is 4.89 Å². The lowest BCUT2D eigenvalue weighted by Crippen LogP contribution is -2.21. The predicted molar refractivity (Wildman–Crippen MR) is 127 cm³/mol. The molecule has 5 nitrogen and oxygen atoms in total. The largest absolute Gasteiger partial charge is 0.694 e. The molecule has 0 bridgehead atoms. The predicted octanol–water partition coefficient (Wildman–Crippen LogP) is 6.14. The molecular weight excluding hydrogens is 446 g/mol. The maximum atomic E-state index is 14.4. The molecule has 2 N–H and O–H groups in total. The lowest BCUT2D eigenvalue weighted by molar-refractivity contribution is 0.276. The Hall–Kier alpha value is -1.37. The molecule has 1 saturated carbocycles. The SMILES string of the molecule is O=[P+](O)OCCCNCc1cc(F)c(SCCCCC2(c3ccccc3)CCCC2)cn1. The third-order valence-electron chi connectivity index (χ3n) is 6.14. The first-order valence-corrected chi connectivity index (χ1v) is 13.5. The van der Waals surface area contributed by atoms with E-state index in [1.54, 1.807) is 18.0 Å². The van der Waals surface area contributed by atoms with Gasteiger partial charge in [-0.2, -0.15) is 0 Å². The van der Waals surface area contributed by atoms with Crippen LogP contribution in [0.1, 0.15) is 62.6 Å². The summed E-state index contributed by atoms with van der Waals surface area (Å²) in [5.74, 6) is 0.674. The third kappa shape index (κ3) is 7.89. The Labute approximate surface area is 195 Å². The van der Waals surface area contributed by atoms with Crippen molar-refractivity contribution < 1.29 is 18.4 Å². The molecule has 1 aliphatic carbocycles. The second kappa shape index (κ2) is 13.4. The Morgan fingerprint density at radius 1 is 1.19 bits per heavy atom. The summed E-state index contributed by atoms with van der Waals surface area (Å²) in [5, 5.41) is 3.13. The third-order valence-corrected chi connectivity index (χ3v) is 7.64. The van der Waals surface area contributed by atoms with Crippen LogP contribution in [0.25, 0.3) is 0 Å². The number of rotatable bonds is 14. The Bertz CT molecular complexity index is 850. The van der Waals surface area contributed by atoms with Gasteiger partial charge in [-0.25, -0.2) is 4.39 Å². The molecule has 1 aromatic heterocycles. The van der Waals surface area contributed by atoms with Crippen LogP contribution >= 0.6 is 20.0 Å². The topological polar surface area (TPSA) is 71.5 Å². The molecule has 1 atom stereocenters. The van der Waals surface area contributed by atoms with Crippen LogP contribution in [0.4, 0.5) is 4.39 Å². The molecule has 1 heterocycles. The van der Waals surface area contributed by atoms with Crippen LogP contribution in [-0.4, -0.2) is 28.8 Å². The highest BCUT2D eigenvalue weighted by atomic mass is 32.2. The molecule has 0 spiro atoms. The first-order valence-electron chi connectivity index (χ1n) is 11.4. The van der Waals surface area contributed by atoms with Gasteiger partial charge in [0.15, 0.2) is 0 Å². The van der Waals surface area contributed by atoms with E-state index in [0.717, 1.165) is 18.6 Å². The average molecular weight is 480 g/mol. The van der Waals surface area contributed by atoms with E-state index in [-0.39, 0.29) is 12.4 Å². The number of benzene rings is 1. The number of hydrogen-bond acceptors (Lipinski definition) is 5. The van der Waals surface area contributed by atoms with Crippen LogP contribution in [0.15, 0.2) is 47.5 Å². The highest BCUT2D eigenvalue weighted by Gasteiger charge is 2.34. The van der Waals surface area contributed by atoms with Gasteiger partial charge in [0.2, 0.25) is 0 Å². The van der Waals surface area contributed by atoms with Gasteiger partial charge in [0.25, 0.3) is 0 Å². The number of unbranched alkanes of at least 4 members (excludes halogenated alkanes) is 1. The number of pyridine rings is 1. The van der Waals surface area contributed by atoms with E-state index in [9.17, 15) is 8.96 Å². The van der Waals surface area contributed by atoms with Gasteiger partial charge >= 0.3 is 8.25 Å². The summed E-state index contributed by atoms with van der Waals surface area (Å²) in [6.45, 7) is 1.27. The average Bonchev–Trinajstić information content (AvgIpc) is 3.28. The van der Waals surface area contributed by atoms with Crippen LogP contribution in [0.5, 0.6) is 0 Å². The van der Waals surface area contributed by atoms with Crippen LogP contribution in [0, 0.1) is 5.82 Å². The second-order valence-corrected chi connectivity index (χ2v) is 10.2. The normalized spacial score (nSPS) is 15.8. The van der Waals surface area contributed by atoms with Crippen molar-refractivity contribution in [3.05, 3.63) is 59.7 Å². The van der Waals surface area contributed by atoms with Gasteiger partial charge in [0, 0.05) is 17.3 Å². The monoisotopic (exact) mass is 479 g/mol. The highest BCUT2D eigenvalue weighted by molar-refractivity contribution is 7.99. The Morgan fingerprint density at radius 2 is 1.97 bits per heavy atom. The molecule has 8 heteroatoms. The number of hydrogen-bond donors (Lipinski definition) is 2. The van der Waals surface area contributed by atoms with Gasteiger partial charge in [-0.1, -0.05) is 49.6 Å². The van der Waals surface area contributed by atoms with E-state index >= 15 is 0 Å². The van der Waals surface area contributed by atoms with Gasteiger partial charge in [-0.3, -0.25) is 4.98 Å². The lowest BCUT2D eigenvalue weighted by atomic mass is 9.75. The van der Waals surface area contributed by atoms with Crippen molar-refractivity contribution in [3.63, 3.8) is 0 Å². The molecule has 1 aliphatic rings. The van der Waals surface area contributed by atoms with Crippen LogP contribution < -0.4 is 5.32 Å². The molecule has 1 aromatic carbocycles. The Kier molecular flexibility index (Phi) is 10.5. The van der Waals surface area contributed by atoms with Gasteiger partial charge < -0.3 is 5.32 Å². The summed E-state index contributed by atoms with van der Waals surface area (Å²) in [5.41, 5.74) is 2.47. The van der Waals surface area contributed by atoms with Crippen LogP contribution in [0.2, 0.25) is 0 Å². The zero-order valence-corrected chi connectivity index (χ0v) is 20.2. The van der Waals surface area contributed by atoms with Crippen molar-refractivity contribution in [2.45, 2.75) is 68.2 Å². The second-order valence-electron chi connectivity index (χ2n) is 8.37. The molecule has 1 unspecified atom stereocenters. The molecule has 0 radical (unpaired) electrons. The maximum absolute atomic E-state index is 14.4. The quantitative estimate of drug-likeness (QED) is 0.193. The molecule has 0 aliphatic heterocycles. The zero-order chi connectivity index (χ0) is 22.7. The van der Waals surface area contributed by atoms with E-state index in [2.05, 4.69) is 45.2 Å². The fourth-order valence-electron chi connectivity index (χ4n) is 4.49. The number of nitrogens with one attached hydrogen (secondary N) is 1. The maximum Gasteiger partial charge on any atom is 0.694 e. The number of aromatic nitrogens is 1. The van der Waals surface area contributed by atoms with Gasteiger partial charge in [0.05, 0.1) is 10.6 Å². The molecule has 32 heavy (non-hydrogen) atoms. The number of nitrogens with zero attached hydrogens (tertiary/aromatic N) is 1. The van der Waals surface area contributed by atoms with Crippen molar-refractivity contribution in [3.8, 4) is 0 Å². The smallest absolute Gasteiger partial charge is 0.311 e. The van der Waals surface area contributed by atoms with Crippen molar-refractivity contribution in [1.29, 1.82) is 0 Å². The van der Waals surface area contributed by atoms with E-state index in [1.165, 1.54) is 43.7 Å². The van der Waals surface area contributed by atoms with Crippen molar-refractivity contribution in [2.24, 2.45) is 0 Å². The summed E-state index contributed by atoms with van der Waals surface area (Å²) in [4.78, 5) is 13.5. The number of halogens is 1. The fraction of sp³-hybridized carbons (Fsp3) is 0.542. The zero-order valence-electron chi connectivity index (χ0n) is 18.5.